The molecule has 29 heavy (non-hydrogen) atoms. The van der Waals surface area contributed by atoms with Gasteiger partial charge in [0.1, 0.15) is 5.75 Å². The standard InChI is InChI=1S/C20H32O7P2/c1-20(2,3)18-15(12-14-10-8-9-11-16(14)19(18)21)13-17(28(22,24-4)25-5)29(23,26-6)27-7/h12-13,21H,8-11H2,1-7H3. The maximum atomic E-state index is 13.2. The number of phenolic OH excluding ortho intramolecular Hbond substituents is 1. The Hall–Kier alpha value is -0.940. The molecule has 0 fully saturated rings. The zero-order valence-electron chi connectivity index (χ0n) is 18.3. The van der Waals surface area contributed by atoms with Crippen LogP contribution >= 0.6 is 15.2 Å². The van der Waals surface area contributed by atoms with Gasteiger partial charge in [-0.2, -0.15) is 0 Å². The fourth-order valence-electron chi connectivity index (χ4n) is 3.78. The van der Waals surface area contributed by atoms with Gasteiger partial charge in [0.05, 0.1) is 0 Å². The van der Waals surface area contributed by atoms with Crippen LogP contribution in [-0.2, 0) is 45.5 Å². The van der Waals surface area contributed by atoms with Crippen LogP contribution < -0.4 is 0 Å². The normalized spacial score (nSPS) is 15.1. The topological polar surface area (TPSA) is 91.3 Å². The van der Waals surface area contributed by atoms with E-state index in [0.717, 1.165) is 36.8 Å². The molecule has 164 valence electrons. The van der Waals surface area contributed by atoms with Crippen LogP contribution in [0.5, 0.6) is 5.75 Å². The molecule has 0 unspecified atom stereocenters. The summed E-state index contributed by atoms with van der Waals surface area (Å²) in [5.74, 6) is 0.231. The van der Waals surface area contributed by atoms with Gasteiger partial charge < -0.3 is 23.2 Å². The number of rotatable bonds is 7. The fourth-order valence-corrected chi connectivity index (χ4v) is 7.60. The summed E-state index contributed by atoms with van der Waals surface area (Å²) >= 11 is 0. The smallest absolute Gasteiger partial charge is 0.369 e. The molecule has 0 saturated carbocycles. The monoisotopic (exact) mass is 446 g/mol. The zero-order valence-corrected chi connectivity index (χ0v) is 20.1. The molecule has 1 aromatic rings. The number of benzene rings is 1. The highest BCUT2D eigenvalue weighted by atomic mass is 31.2. The summed E-state index contributed by atoms with van der Waals surface area (Å²) < 4.78 is 46.9. The average Bonchev–Trinajstić information content (AvgIpc) is 2.70. The van der Waals surface area contributed by atoms with Gasteiger partial charge in [-0.05, 0) is 53.9 Å². The van der Waals surface area contributed by atoms with Crippen LogP contribution in [0.3, 0.4) is 0 Å². The molecule has 0 amide bonds. The first kappa shape index (κ1) is 24.3. The van der Waals surface area contributed by atoms with Crippen LogP contribution in [0.25, 0.3) is 6.08 Å². The minimum atomic E-state index is -3.96. The number of aryl methyl sites for hydroxylation is 1. The number of hydrogen-bond acceptors (Lipinski definition) is 7. The summed E-state index contributed by atoms with van der Waals surface area (Å²) in [6, 6.07) is 1.96. The van der Waals surface area contributed by atoms with Crippen molar-refractivity contribution in [2.24, 2.45) is 0 Å². The van der Waals surface area contributed by atoms with E-state index >= 15 is 0 Å². The second-order valence-electron chi connectivity index (χ2n) is 8.01. The third kappa shape index (κ3) is 4.71. The second-order valence-corrected chi connectivity index (χ2v) is 12.8. The first-order valence-electron chi connectivity index (χ1n) is 9.51. The third-order valence-electron chi connectivity index (χ3n) is 5.21. The van der Waals surface area contributed by atoms with Crippen molar-refractivity contribution in [3.8, 4) is 5.75 Å². The zero-order chi connectivity index (χ0) is 22.0. The molecule has 2 rings (SSSR count). The Morgan fingerprint density at radius 2 is 1.45 bits per heavy atom. The molecule has 0 spiro atoms. The van der Waals surface area contributed by atoms with E-state index in [-0.39, 0.29) is 10.8 Å². The van der Waals surface area contributed by atoms with Gasteiger partial charge >= 0.3 is 15.2 Å². The molecule has 7 nitrogen and oxygen atoms in total. The fraction of sp³-hybridized carbons (Fsp3) is 0.600. The summed E-state index contributed by atoms with van der Waals surface area (Å²) in [7, 11) is -3.08. The lowest BCUT2D eigenvalue weighted by Gasteiger charge is -2.29. The SMILES string of the molecule is COP(=O)(OC)C(=Cc1cc2c(c(O)c1C(C)(C)C)CCCC2)P(=O)(OC)OC. The number of phenols is 1. The van der Waals surface area contributed by atoms with E-state index < -0.39 is 20.6 Å². The summed E-state index contributed by atoms with van der Waals surface area (Å²) in [4.78, 5) is 0. The average molecular weight is 446 g/mol. The van der Waals surface area contributed by atoms with Crippen molar-refractivity contribution in [1.82, 2.24) is 0 Å². The molecule has 1 N–H and O–H groups in total. The van der Waals surface area contributed by atoms with Gasteiger partial charge in [-0.25, -0.2) is 0 Å². The summed E-state index contributed by atoms with van der Waals surface area (Å²) in [6.45, 7) is 5.94. The van der Waals surface area contributed by atoms with Gasteiger partial charge in [0.25, 0.3) is 0 Å². The highest BCUT2D eigenvalue weighted by molar-refractivity contribution is 7.79. The van der Waals surface area contributed by atoms with Crippen molar-refractivity contribution >= 4 is 21.3 Å². The third-order valence-corrected chi connectivity index (χ3v) is 9.98. The maximum Gasteiger partial charge on any atom is 0.369 e. The first-order chi connectivity index (χ1) is 13.5. The van der Waals surface area contributed by atoms with Crippen molar-refractivity contribution in [3.63, 3.8) is 0 Å². The lowest BCUT2D eigenvalue weighted by molar-refractivity contribution is 0.269. The highest BCUT2D eigenvalue weighted by Crippen LogP contribution is 2.73. The molecule has 0 atom stereocenters. The molecule has 0 saturated heterocycles. The number of hydrogen-bond donors (Lipinski definition) is 1. The Morgan fingerprint density at radius 1 is 0.966 bits per heavy atom. The summed E-state index contributed by atoms with van der Waals surface area (Å²) in [5.41, 5.74) is 2.81. The predicted octanol–water partition coefficient (Wildman–Crippen LogP) is 5.84. The Balaban J connectivity index is 2.91. The van der Waals surface area contributed by atoms with E-state index in [9.17, 15) is 14.2 Å². The van der Waals surface area contributed by atoms with E-state index in [1.54, 1.807) is 0 Å². The molecule has 0 aliphatic heterocycles. The molecule has 0 bridgehead atoms. The Kier molecular flexibility index (Phi) is 7.59. The summed E-state index contributed by atoms with van der Waals surface area (Å²) in [6.07, 6.45) is 5.17. The minimum absolute atomic E-state index is 0.208. The highest BCUT2D eigenvalue weighted by Gasteiger charge is 2.44. The van der Waals surface area contributed by atoms with Gasteiger partial charge in [0.15, 0.2) is 5.06 Å². The van der Waals surface area contributed by atoms with Crippen LogP contribution in [0.1, 0.15) is 55.9 Å². The van der Waals surface area contributed by atoms with Crippen LogP contribution in [0.15, 0.2) is 11.1 Å². The first-order valence-corrected chi connectivity index (χ1v) is 12.6. The predicted molar refractivity (Wildman–Crippen MR) is 115 cm³/mol. The van der Waals surface area contributed by atoms with Gasteiger partial charge in [0.2, 0.25) is 0 Å². The van der Waals surface area contributed by atoms with Gasteiger partial charge in [-0.3, -0.25) is 9.13 Å². The quantitative estimate of drug-likeness (QED) is 0.526. The van der Waals surface area contributed by atoms with Crippen molar-refractivity contribution in [3.05, 3.63) is 33.4 Å². The van der Waals surface area contributed by atoms with Gasteiger partial charge in [-0.15, -0.1) is 0 Å². The van der Waals surface area contributed by atoms with E-state index in [1.165, 1.54) is 34.5 Å². The molecule has 0 heterocycles. The van der Waals surface area contributed by atoms with E-state index in [1.807, 2.05) is 26.8 Å². The minimum Gasteiger partial charge on any atom is -0.507 e. The summed E-state index contributed by atoms with van der Waals surface area (Å²) in [5, 5.41) is 10.9. The maximum absolute atomic E-state index is 13.2. The van der Waals surface area contributed by atoms with Gasteiger partial charge in [0, 0.05) is 34.0 Å². The molecule has 1 aromatic carbocycles. The van der Waals surface area contributed by atoms with Crippen molar-refractivity contribution in [1.29, 1.82) is 0 Å². The largest absolute Gasteiger partial charge is 0.507 e. The molecule has 0 aromatic heterocycles. The van der Waals surface area contributed by atoms with Gasteiger partial charge in [-0.1, -0.05) is 26.8 Å². The van der Waals surface area contributed by atoms with Crippen molar-refractivity contribution in [2.45, 2.75) is 51.9 Å². The van der Waals surface area contributed by atoms with E-state index in [0.29, 0.717) is 11.1 Å². The Bertz CT molecular complexity index is 840. The van der Waals surface area contributed by atoms with E-state index in [2.05, 4.69) is 0 Å². The van der Waals surface area contributed by atoms with Crippen LogP contribution in [0, 0.1) is 0 Å². The number of fused-ring (bicyclic) bond motifs is 1. The molecule has 1 aliphatic carbocycles. The molecular weight excluding hydrogens is 414 g/mol. The lowest BCUT2D eigenvalue weighted by atomic mass is 9.78. The van der Waals surface area contributed by atoms with E-state index in [4.69, 9.17) is 18.1 Å². The molecule has 9 heteroatoms. The van der Waals surface area contributed by atoms with Crippen LogP contribution in [-0.4, -0.2) is 33.5 Å². The van der Waals surface area contributed by atoms with Crippen LogP contribution in [0.2, 0.25) is 0 Å². The van der Waals surface area contributed by atoms with Crippen LogP contribution in [0.4, 0.5) is 0 Å². The van der Waals surface area contributed by atoms with Crippen molar-refractivity contribution < 1.29 is 32.3 Å². The Labute approximate surface area is 173 Å². The lowest BCUT2D eigenvalue weighted by Crippen LogP contribution is -2.17. The number of aromatic hydroxyl groups is 1. The molecular formula is C20H32O7P2. The van der Waals surface area contributed by atoms with Crippen molar-refractivity contribution in [2.75, 3.05) is 28.4 Å². The molecule has 1 aliphatic rings. The second kappa shape index (κ2) is 9.05. The Morgan fingerprint density at radius 3 is 1.90 bits per heavy atom. The molecule has 0 radical (unpaired) electrons.